The van der Waals surface area contributed by atoms with E-state index < -0.39 is 10.0 Å². The minimum absolute atomic E-state index is 0.0283. The molecule has 6 heteroatoms. The molecule has 1 heterocycles. The fraction of sp³-hybridized carbons (Fsp3) is 0.611. The van der Waals surface area contributed by atoms with Gasteiger partial charge in [-0.15, -0.1) is 0 Å². The molecular formula is C18H28N2O3S. The molecule has 0 aromatic heterocycles. The third-order valence-electron chi connectivity index (χ3n) is 4.43. The van der Waals surface area contributed by atoms with Crippen LogP contribution in [-0.4, -0.2) is 38.3 Å². The summed E-state index contributed by atoms with van der Waals surface area (Å²) in [6.07, 6.45) is 2.39. The van der Waals surface area contributed by atoms with Gasteiger partial charge >= 0.3 is 0 Å². The lowest BCUT2D eigenvalue weighted by Crippen LogP contribution is -2.45. The van der Waals surface area contributed by atoms with Crippen molar-refractivity contribution in [2.45, 2.75) is 44.9 Å². The number of amides is 1. The van der Waals surface area contributed by atoms with Gasteiger partial charge in [0.1, 0.15) is 0 Å². The topological polar surface area (TPSA) is 66.5 Å². The Morgan fingerprint density at radius 2 is 1.96 bits per heavy atom. The first-order chi connectivity index (χ1) is 11.3. The molecule has 0 spiro atoms. The number of sulfonamides is 1. The van der Waals surface area contributed by atoms with E-state index in [-0.39, 0.29) is 18.4 Å². The maximum Gasteiger partial charge on any atom is 0.243 e. The van der Waals surface area contributed by atoms with Gasteiger partial charge in [-0.25, -0.2) is 8.42 Å². The summed E-state index contributed by atoms with van der Waals surface area (Å²) in [5, 5.41) is 2.94. The van der Waals surface area contributed by atoms with E-state index in [1.54, 1.807) is 24.3 Å². The molecule has 24 heavy (non-hydrogen) atoms. The van der Waals surface area contributed by atoms with Crippen molar-refractivity contribution in [2.75, 3.05) is 19.6 Å². The molecule has 0 radical (unpaired) electrons. The maximum atomic E-state index is 12.8. The molecule has 0 aliphatic carbocycles. The van der Waals surface area contributed by atoms with E-state index in [1.165, 1.54) is 4.31 Å². The number of piperidine rings is 1. The molecular weight excluding hydrogens is 324 g/mol. The number of aryl methyl sites for hydroxylation is 1. The first-order valence-corrected chi connectivity index (χ1v) is 10.1. The molecule has 5 nitrogen and oxygen atoms in total. The standard InChI is InChI=1S/C18H28N2O3S/c1-14(2)10-11-19-18(21)16-5-4-12-20(13-16)24(22,23)17-8-6-15(3)7-9-17/h6-9,14,16H,4-5,10-13H2,1-3H3,(H,19,21)/t16-/m0/s1. The van der Waals surface area contributed by atoms with Crippen LogP contribution < -0.4 is 5.32 Å². The van der Waals surface area contributed by atoms with Crippen molar-refractivity contribution in [1.29, 1.82) is 0 Å². The van der Waals surface area contributed by atoms with Gasteiger partial charge in [-0.1, -0.05) is 31.5 Å². The van der Waals surface area contributed by atoms with Crippen LogP contribution in [0.4, 0.5) is 0 Å². The summed E-state index contributed by atoms with van der Waals surface area (Å²) in [6, 6.07) is 6.87. The van der Waals surface area contributed by atoms with E-state index in [0.29, 0.717) is 30.3 Å². The van der Waals surface area contributed by atoms with Gasteiger partial charge < -0.3 is 5.32 Å². The Balaban J connectivity index is 2.01. The van der Waals surface area contributed by atoms with Gasteiger partial charge in [0, 0.05) is 19.6 Å². The summed E-state index contributed by atoms with van der Waals surface area (Å²) in [7, 11) is -3.53. The molecule has 1 aromatic carbocycles. The van der Waals surface area contributed by atoms with Crippen molar-refractivity contribution in [3.8, 4) is 0 Å². The number of nitrogens with one attached hydrogen (secondary N) is 1. The lowest BCUT2D eigenvalue weighted by atomic mass is 9.98. The SMILES string of the molecule is Cc1ccc(S(=O)(=O)N2CCC[C@H](C(=O)NCCC(C)C)C2)cc1. The number of carbonyl (C=O) groups is 1. The normalized spacial score (nSPS) is 19.4. The largest absolute Gasteiger partial charge is 0.356 e. The molecule has 1 fully saturated rings. The molecule has 1 N–H and O–H groups in total. The summed E-state index contributed by atoms with van der Waals surface area (Å²) < 4.78 is 27.0. The summed E-state index contributed by atoms with van der Waals surface area (Å²) in [6.45, 7) is 7.55. The predicted molar refractivity (Wildman–Crippen MR) is 95.1 cm³/mol. The summed E-state index contributed by atoms with van der Waals surface area (Å²) in [4.78, 5) is 12.6. The minimum Gasteiger partial charge on any atom is -0.356 e. The van der Waals surface area contributed by atoms with Crippen LogP contribution >= 0.6 is 0 Å². The van der Waals surface area contributed by atoms with Gasteiger partial charge in [-0.05, 0) is 44.2 Å². The van der Waals surface area contributed by atoms with Gasteiger partial charge in [0.05, 0.1) is 10.8 Å². The Labute approximate surface area is 145 Å². The number of carbonyl (C=O) groups excluding carboxylic acids is 1. The molecule has 0 unspecified atom stereocenters. The number of rotatable bonds is 6. The van der Waals surface area contributed by atoms with E-state index in [4.69, 9.17) is 0 Å². The Bertz CT molecular complexity index is 653. The fourth-order valence-corrected chi connectivity index (χ4v) is 4.39. The summed E-state index contributed by atoms with van der Waals surface area (Å²) in [5.74, 6) is 0.251. The Hall–Kier alpha value is -1.40. The first kappa shape index (κ1) is 18.9. The van der Waals surface area contributed by atoms with E-state index in [2.05, 4.69) is 19.2 Å². The van der Waals surface area contributed by atoms with Gasteiger partial charge in [0.25, 0.3) is 0 Å². The molecule has 1 aliphatic rings. The summed E-state index contributed by atoms with van der Waals surface area (Å²) >= 11 is 0. The molecule has 1 aliphatic heterocycles. The second-order valence-corrected chi connectivity index (χ2v) is 8.93. The smallest absolute Gasteiger partial charge is 0.243 e. The number of benzene rings is 1. The first-order valence-electron chi connectivity index (χ1n) is 8.65. The highest BCUT2D eigenvalue weighted by Crippen LogP contribution is 2.24. The molecule has 1 atom stereocenters. The van der Waals surface area contributed by atoms with Crippen LogP contribution in [0.25, 0.3) is 0 Å². The highest BCUT2D eigenvalue weighted by Gasteiger charge is 2.33. The maximum absolute atomic E-state index is 12.8. The zero-order valence-corrected chi connectivity index (χ0v) is 15.6. The van der Waals surface area contributed by atoms with Crippen LogP contribution in [0.3, 0.4) is 0 Å². The third kappa shape index (κ3) is 4.80. The lowest BCUT2D eigenvalue weighted by molar-refractivity contribution is -0.126. The van der Waals surface area contributed by atoms with E-state index in [9.17, 15) is 13.2 Å². The van der Waals surface area contributed by atoms with E-state index in [0.717, 1.165) is 18.4 Å². The minimum atomic E-state index is -3.53. The van der Waals surface area contributed by atoms with Crippen LogP contribution in [-0.2, 0) is 14.8 Å². The quantitative estimate of drug-likeness (QED) is 0.856. The molecule has 0 bridgehead atoms. The van der Waals surface area contributed by atoms with Crippen molar-refractivity contribution in [2.24, 2.45) is 11.8 Å². The second kappa shape index (κ2) is 8.12. The Morgan fingerprint density at radius 1 is 1.29 bits per heavy atom. The predicted octanol–water partition coefficient (Wildman–Crippen LogP) is 2.56. The number of hydrogen-bond acceptors (Lipinski definition) is 3. The van der Waals surface area contributed by atoms with Crippen LogP contribution in [0.1, 0.15) is 38.7 Å². The van der Waals surface area contributed by atoms with Crippen LogP contribution in [0.5, 0.6) is 0 Å². The van der Waals surface area contributed by atoms with Gasteiger partial charge in [-0.2, -0.15) is 4.31 Å². The lowest BCUT2D eigenvalue weighted by Gasteiger charge is -2.31. The van der Waals surface area contributed by atoms with Crippen molar-refractivity contribution in [3.05, 3.63) is 29.8 Å². The third-order valence-corrected chi connectivity index (χ3v) is 6.31. The van der Waals surface area contributed by atoms with Gasteiger partial charge in [0.15, 0.2) is 0 Å². The Kier molecular flexibility index (Phi) is 6.40. The molecule has 0 saturated carbocycles. The highest BCUT2D eigenvalue weighted by atomic mass is 32.2. The highest BCUT2D eigenvalue weighted by molar-refractivity contribution is 7.89. The molecule has 1 aromatic rings. The monoisotopic (exact) mass is 352 g/mol. The van der Waals surface area contributed by atoms with E-state index >= 15 is 0 Å². The average molecular weight is 353 g/mol. The van der Waals surface area contributed by atoms with Crippen LogP contribution in [0.2, 0.25) is 0 Å². The van der Waals surface area contributed by atoms with E-state index in [1.807, 2.05) is 6.92 Å². The van der Waals surface area contributed by atoms with Gasteiger partial charge in [0.2, 0.25) is 15.9 Å². The zero-order chi connectivity index (χ0) is 17.7. The van der Waals surface area contributed by atoms with Crippen molar-refractivity contribution in [3.63, 3.8) is 0 Å². The number of hydrogen-bond donors (Lipinski definition) is 1. The number of nitrogens with zero attached hydrogens (tertiary/aromatic N) is 1. The molecule has 134 valence electrons. The van der Waals surface area contributed by atoms with Crippen LogP contribution in [0.15, 0.2) is 29.2 Å². The van der Waals surface area contributed by atoms with Crippen molar-refractivity contribution < 1.29 is 13.2 Å². The Morgan fingerprint density at radius 3 is 2.58 bits per heavy atom. The van der Waals surface area contributed by atoms with Crippen LogP contribution in [0, 0.1) is 18.8 Å². The second-order valence-electron chi connectivity index (χ2n) is 6.99. The molecule has 1 saturated heterocycles. The van der Waals surface area contributed by atoms with Gasteiger partial charge in [-0.3, -0.25) is 4.79 Å². The summed E-state index contributed by atoms with van der Waals surface area (Å²) in [5.41, 5.74) is 1.02. The zero-order valence-electron chi connectivity index (χ0n) is 14.8. The molecule has 1 amide bonds. The van der Waals surface area contributed by atoms with Crippen molar-refractivity contribution in [1.82, 2.24) is 9.62 Å². The fourth-order valence-electron chi connectivity index (χ4n) is 2.86. The molecule has 2 rings (SSSR count). The van der Waals surface area contributed by atoms with Crippen molar-refractivity contribution >= 4 is 15.9 Å². The average Bonchev–Trinajstić information content (AvgIpc) is 2.55.